The SMILES string of the molecule is C/C=C/CSC1=NC(c2ccccc2)C(C(C)=O)=C(C)N1. The van der Waals surface area contributed by atoms with Gasteiger partial charge in [0.2, 0.25) is 0 Å². The van der Waals surface area contributed by atoms with Gasteiger partial charge in [-0.2, -0.15) is 0 Å². The Balaban J connectivity index is 2.33. The molecule has 0 saturated heterocycles. The molecule has 1 heterocycles. The van der Waals surface area contributed by atoms with E-state index in [0.717, 1.165) is 27.8 Å². The highest BCUT2D eigenvalue weighted by molar-refractivity contribution is 8.13. The zero-order valence-electron chi connectivity index (χ0n) is 12.6. The van der Waals surface area contributed by atoms with E-state index in [-0.39, 0.29) is 11.8 Å². The van der Waals surface area contributed by atoms with Crippen LogP contribution in [0.25, 0.3) is 0 Å². The third-order valence-corrected chi connectivity index (χ3v) is 4.10. The Morgan fingerprint density at radius 2 is 2.10 bits per heavy atom. The van der Waals surface area contributed by atoms with Gasteiger partial charge in [0.1, 0.15) is 6.04 Å². The summed E-state index contributed by atoms with van der Waals surface area (Å²) < 4.78 is 0. The molecule has 0 amide bonds. The van der Waals surface area contributed by atoms with Gasteiger partial charge < -0.3 is 5.32 Å². The van der Waals surface area contributed by atoms with E-state index in [2.05, 4.69) is 11.4 Å². The van der Waals surface area contributed by atoms with E-state index in [4.69, 9.17) is 4.99 Å². The molecule has 3 nitrogen and oxygen atoms in total. The molecule has 1 aromatic carbocycles. The van der Waals surface area contributed by atoms with Crippen molar-refractivity contribution < 1.29 is 4.79 Å². The van der Waals surface area contributed by atoms with Crippen molar-refractivity contribution in [3.8, 4) is 0 Å². The van der Waals surface area contributed by atoms with Gasteiger partial charge in [-0.1, -0.05) is 54.2 Å². The lowest BCUT2D eigenvalue weighted by atomic mass is 9.94. The van der Waals surface area contributed by atoms with Gasteiger partial charge in [0.05, 0.1) is 0 Å². The van der Waals surface area contributed by atoms with Crippen LogP contribution in [0, 0.1) is 0 Å². The van der Waals surface area contributed by atoms with Crippen molar-refractivity contribution in [1.82, 2.24) is 5.32 Å². The van der Waals surface area contributed by atoms with Crippen molar-refractivity contribution in [1.29, 1.82) is 0 Å². The first-order valence-electron chi connectivity index (χ1n) is 6.99. The fourth-order valence-corrected chi connectivity index (χ4v) is 3.13. The van der Waals surface area contributed by atoms with Gasteiger partial charge in [-0.3, -0.25) is 4.79 Å². The van der Waals surface area contributed by atoms with Crippen molar-refractivity contribution in [2.24, 2.45) is 4.99 Å². The van der Waals surface area contributed by atoms with Crippen LogP contribution in [0.2, 0.25) is 0 Å². The van der Waals surface area contributed by atoms with Crippen LogP contribution in [-0.2, 0) is 4.79 Å². The molecule has 1 aliphatic heterocycles. The highest BCUT2D eigenvalue weighted by Crippen LogP contribution is 2.32. The largest absolute Gasteiger partial charge is 0.338 e. The molecule has 0 radical (unpaired) electrons. The molecule has 4 heteroatoms. The van der Waals surface area contributed by atoms with Crippen LogP contribution in [-0.4, -0.2) is 16.7 Å². The number of benzene rings is 1. The minimum Gasteiger partial charge on any atom is -0.338 e. The maximum atomic E-state index is 12.0. The number of nitrogens with one attached hydrogen (secondary N) is 1. The Morgan fingerprint density at radius 1 is 1.38 bits per heavy atom. The number of hydrogen-bond donors (Lipinski definition) is 1. The minimum absolute atomic E-state index is 0.0649. The molecule has 0 spiro atoms. The standard InChI is InChI=1S/C17H20N2OS/c1-4-5-11-21-17-18-12(2)15(13(3)20)16(19-17)14-9-7-6-8-10-14/h4-10,16H,11H2,1-3H3,(H,18,19)/b5-4+. The van der Waals surface area contributed by atoms with E-state index in [0.29, 0.717) is 0 Å². The molecule has 0 aromatic heterocycles. The van der Waals surface area contributed by atoms with E-state index in [9.17, 15) is 4.79 Å². The van der Waals surface area contributed by atoms with Crippen LogP contribution < -0.4 is 5.32 Å². The molecule has 2 rings (SSSR count). The first kappa shape index (κ1) is 15.6. The number of hydrogen-bond acceptors (Lipinski definition) is 4. The summed E-state index contributed by atoms with van der Waals surface area (Å²) in [7, 11) is 0. The van der Waals surface area contributed by atoms with Gasteiger partial charge >= 0.3 is 0 Å². The molecule has 21 heavy (non-hydrogen) atoms. The molecule has 0 saturated carbocycles. The van der Waals surface area contributed by atoms with Gasteiger partial charge in [-0.05, 0) is 26.3 Å². The molecule has 1 unspecified atom stereocenters. The summed E-state index contributed by atoms with van der Waals surface area (Å²) >= 11 is 1.64. The molecule has 0 fully saturated rings. The summed E-state index contributed by atoms with van der Waals surface area (Å²) in [6, 6.07) is 9.76. The maximum absolute atomic E-state index is 12.0. The van der Waals surface area contributed by atoms with E-state index >= 15 is 0 Å². The van der Waals surface area contributed by atoms with Crippen LogP contribution in [0.15, 0.2) is 58.7 Å². The maximum Gasteiger partial charge on any atom is 0.162 e. The van der Waals surface area contributed by atoms with Crippen LogP contribution >= 0.6 is 11.8 Å². The van der Waals surface area contributed by atoms with Crippen molar-refractivity contribution in [2.45, 2.75) is 26.8 Å². The molecule has 1 aliphatic rings. The summed E-state index contributed by atoms with van der Waals surface area (Å²) in [5.41, 5.74) is 2.69. The highest BCUT2D eigenvalue weighted by atomic mass is 32.2. The number of Topliss-reactive ketones (excluding diaryl/α,β-unsaturated/α-hetero) is 1. The number of ketones is 1. The first-order chi connectivity index (χ1) is 10.1. The molecule has 1 N–H and O–H groups in total. The topological polar surface area (TPSA) is 41.5 Å². The number of carbonyl (C=O) groups excluding carboxylic acids is 1. The second-order valence-electron chi connectivity index (χ2n) is 4.85. The summed E-state index contributed by atoms with van der Waals surface area (Å²) in [4.78, 5) is 16.7. The number of rotatable bonds is 4. The lowest BCUT2D eigenvalue weighted by molar-refractivity contribution is -0.113. The Labute approximate surface area is 130 Å². The van der Waals surface area contributed by atoms with Gasteiger partial charge in [0, 0.05) is 17.0 Å². The summed E-state index contributed by atoms with van der Waals surface area (Å²) in [6.07, 6.45) is 4.11. The number of amidine groups is 1. The number of aliphatic imine (C=N–C) groups is 1. The van der Waals surface area contributed by atoms with Crippen molar-refractivity contribution in [3.05, 3.63) is 59.3 Å². The molecule has 0 bridgehead atoms. The third-order valence-electron chi connectivity index (χ3n) is 3.26. The molecule has 1 atom stereocenters. The zero-order chi connectivity index (χ0) is 15.2. The number of allylic oxidation sites excluding steroid dienone is 2. The van der Waals surface area contributed by atoms with Crippen LogP contribution in [0.1, 0.15) is 32.4 Å². The van der Waals surface area contributed by atoms with E-state index in [1.54, 1.807) is 18.7 Å². The number of carbonyl (C=O) groups is 1. The third kappa shape index (κ3) is 3.85. The minimum atomic E-state index is -0.210. The normalized spacial score (nSPS) is 18.6. The average Bonchev–Trinajstić information content (AvgIpc) is 2.47. The van der Waals surface area contributed by atoms with Crippen LogP contribution in [0.4, 0.5) is 0 Å². The summed E-state index contributed by atoms with van der Waals surface area (Å²) in [5, 5.41) is 4.11. The Kier molecular flexibility index (Phi) is 5.39. The Morgan fingerprint density at radius 3 is 2.71 bits per heavy atom. The van der Waals surface area contributed by atoms with Gasteiger partial charge in [0.15, 0.2) is 11.0 Å². The van der Waals surface area contributed by atoms with E-state index in [1.165, 1.54) is 0 Å². The van der Waals surface area contributed by atoms with Gasteiger partial charge in [0.25, 0.3) is 0 Å². The lowest BCUT2D eigenvalue weighted by Crippen LogP contribution is -2.29. The average molecular weight is 300 g/mol. The van der Waals surface area contributed by atoms with Crippen LogP contribution in [0.3, 0.4) is 0 Å². The first-order valence-corrected chi connectivity index (χ1v) is 7.97. The van der Waals surface area contributed by atoms with Gasteiger partial charge in [-0.15, -0.1) is 0 Å². The fraction of sp³-hybridized carbons (Fsp3) is 0.294. The predicted octanol–water partition coefficient (Wildman–Crippen LogP) is 3.86. The zero-order valence-corrected chi connectivity index (χ0v) is 13.4. The molecular weight excluding hydrogens is 280 g/mol. The molecule has 1 aromatic rings. The monoisotopic (exact) mass is 300 g/mol. The number of thioether (sulfide) groups is 1. The fourth-order valence-electron chi connectivity index (χ4n) is 2.28. The second kappa shape index (κ2) is 7.27. The second-order valence-corrected chi connectivity index (χ2v) is 5.86. The Hall–Kier alpha value is -1.81. The van der Waals surface area contributed by atoms with Crippen molar-refractivity contribution in [3.63, 3.8) is 0 Å². The van der Waals surface area contributed by atoms with E-state index in [1.807, 2.05) is 50.3 Å². The number of nitrogens with zero attached hydrogens (tertiary/aromatic N) is 1. The molecular formula is C17H20N2OS. The Bertz CT molecular complexity index is 602. The van der Waals surface area contributed by atoms with Crippen molar-refractivity contribution >= 4 is 22.7 Å². The lowest BCUT2D eigenvalue weighted by Gasteiger charge is -2.25. The smallest absolute Gasteiger partial charge is 0.162 e. The van der Waals surface area contributed by atoms with Crippen molar-refractivity contribution in [2.75, 3.05) is 5.75 Å². The molecule has 110 valence electrons. The predicted molar refractivity (Wildman–Crippen MR) is 90.4 cm³/mol. The van der Waals surface area contributed by atoms with Gasteiger partial charge in [-0.25, -0.2) is 4.99 Å². The summed E-state index contributed by atoms with van der Waals surface area (Å²) in [5.74, 6) is 0.933. The summed E-state index contributed by atoms with van der Waals surface area (Å²) in [6.45, 7) is 5.55. The molecule has 0 aliphatic carbocycles. The van der Waals surface area contributed by atoms with E-state index < -0.39 is 0 Å². The van der Waals surface area contributed by atoms with Crippen LogP contribution in [0.5, 0.6) is 0 Å². The quantitative estimate of drug-likeness (QED) is 0.859. The highest BCUT2D eigenvalue weighted by Gasteiger charge is 2.26.